The number of aromatic nitrogens is 1. The lowest BCUT2D eigenvalue weighted by Crippen LogP contribution is -2.37. The highest BCUT2D eigenvalue weighted by Crippen LogP contribution is 2.17. The van der Waals surface area contributed by atoms with E-state index in [1.54, 1.807) is 32.0 Å². The molecule has 26 heavy (non-hydrogen) atoms. The summed E-state index contributed by atoms with van der Waals surface area (Å²) in [7, 11) is 0. The minimum atomic E-state index is -1.01. The van der Waals surface area contributed by atoms with Gasteiger partial charge in [-0.1, -0.05) is 12.1 Å². The summed E-state index contributed by atoms with van der Waals surface area (Å²) in [6.45, 7) is 5.36. The van der Waals surface area contributed by atoms with Gasteiger partial charge < -0.3 is 14.8 Å². The summed E-state index contributed by atoms with van der Waals surface area (Å²) in [5, 5.41) is 2.73. The van der Waals surface area contributed by atoms with E-state index < -0.39 is 18.0 Å². The van der Waals surface area contributed by atoms with Crippen LogP contribution in [0, 0.1) is 5.82 Å². The number of carbonyl (C=O) groups is 2. The Hall–Kier alpha value is -2.96. The maximum atomic E-state index is 13.0. The van der Waals surface area contributed by atoms with Crippen LogP contribution in [0.4, 0.5) is 4.39 Å². The van der Waals surface area contributed by atoms with Crippen molar-refractivity contribution in [1.29, 1.82) is 0 Å². The topological polar surface area (TPSA) is 77.5 Å². The predicted octanol–water partition coefficient (Wildman–Crippen LogP) is 3.04. The van der Waals surface area contributed by atoms with Gasteiger partial charge in [0, 0.05) is 6.20 Å². The Labute approximate surface area is 151 Å². The van der Waals surface area contributed by atoms with Crippen LogP contribution in [0.25, 0.3) is 0 Å². The molecule has 0 radical (unpaired) electrons. The Morgan fingerprint density at radius 3 is 2.54 bits per heavy atom. The third kappa shape index (κ3) is 5.02. The van der Waals surface area contributed by atoms with Gasteiger partial charge >= 0.3 is 5.97 Å². The Morgan fingerprint density at radius 1 is 1.19 bits per heavy atom. The highest BCUT2D eigenvalue weighted by atomic mass is 19.1. The van der Waals surface area contributed by atoms with Crippen molar-refractivity contribution in [1.82, 2.24) is 10.3 Å². The van der Waals surface area contributed by atoms with E-state index in [2.05, 4.69) is 10.3 Å². The van der Waals surface area contributed by atoms with Gasteiger partial charge in [0.15, 0.2) is 6.10 Å². The van der Waals surface area contributed by atoms with Crippen LogP contribution < -0.4 is 10.1 Å². The number of nitrogens with one attached hydrogen (secondary N) is 1. The molecule has 2 rings (SSSR count). The zero-order valence-electron chi connectivity index (χ0n) is 14.9. The van der Waals surface area contributed by atoms with Crippen molar-refractivity contribution in [2.45, 2.75) is 32.9 Å². The van der Waals surface area contributed by atoms with Crippen LogP contribution in [0.15, 0.2) is 42.6 Å². The molecular formula is C19H21FN2O4. The minimum Gasteiger partial charge on any atom is -0.477 e. The molecule has 0 saturated carbocycles. The molecule has 1 heterocycles. The second kappa shape index (κ2) is 8.94. The van der Waals surface area contributed by atoms with Crippen LogP contribution >= 0.6 is 0 Å². The fourth-order valence-electron chi connectivity index (χ4n) is 2.24. The zero-order valence-corrected chi connectivity index (χ0v) is 14.9. The van der Waals surface area contributed by atoms with Gasteiger partial charge in [-0.15, -0.1) is 0 Å². The summed E-state index contributed by atoms with van der Waals surface area (Å²) in [6, 6.07) is 8.55. The molecule has 0 fully saturated rings. The van der Waals surface area contributed by atoms with Crippen molar-refractivity contribution in [3.8, 4) is 5.88 Å². The largest absolute Gasteiger partial charge is 0.477 e. The standard InChI is InChI=1S/C19H21FN2O4/c1-4-25-18-16(6-5-11-21-18)19(24)26-13(3)17(23)22-12(2)14-7-9-15(20)10-8-14/h5-13H,4H2,1-3H3,(H,22,23). The van der Waals surface area contributed by atoms with Crippen molar-refractivity contribution in [2.24, 2.45) is 0 Å². The first-order valence-electron chi connectivity index (χ1n) is 8.27. The first kappa shape index (κ1) is 19.4. The number of halogens is 1. The predicted molar refractivity (Wildman–Crippen MR) is 93.2 cm³/mol. The first-order valence-corrected chi connectivity index (χ1v) is 8.27. The van der Waals surface area contributed by atoms with Gasteiger partial charge in [-0.3, -0.25) is 4.79 Å². The molecule has 138 valence electrons. The zero-order chi connectivity index (χ0) is 19.1. The molecule has 1 aromatic carbocycles. The fourth-order valence-corrected chi connectivity index (χ4v) is 2.24. The molecule has 0 aliphatic heterocycles. The van der Waals surface area contributed by atoms with Crippen LogP contribution in [0.5, 0.6) is 5.88 Å². The van der Waals surface area contributed by atoms with E-state index in [-0.39, 0.29) is 23.3 Å². The lowest BCUT2D eigenvalue weighted by Gasteiger charge is -2.18. The summed E-state index contributed by atoms with van der Waals surface area (Å²) in [5.74, 6) is -1.35. The van der Waals surface area contributed by atoms with Crippen molar-refractivity contribution in [3.63, 3.8) is 0 Å². The summed E-state index contributed by atoms with van der Waals surface area (Å²) >= 11 is 0. The number of pyridine rings is 1. The van der Waals surface area contributed by atoms with E-state index >= 15 is 0 Å². The molecule has 0 aliphatic rings. The van der Waals surface area contributed by atoms with Gasteiger partial charge in [0.05, 0.1) is 12.6 Å². The van der Waals surface area contributed by atoms with Gasteiger partial charge in [0.2, 0.25) is 5.88 Å². The van der Waals surface area contributed by atoms with E-state index in [0.29, 0.717) is 6.61 Å². The molecular weight excluding hydrogens is 339 g/mol. The number of benzene rings is 1. The molecule has 1 amide bonds. The molecule has 0 aliphatic carbocycles. The smallest absolute Gasteiger partial charge is 0.344 e. The van der Waals surface area contributed by atoms with Gasteiger partial charge in [-0.2, -0.15) is 0 Å². The number of amides is 1. The van der Waals surface area contributed by atoms with Crippen LogP contribution in [-0.2, 0) is 9.53 Å². The average molecular weight is 360 g/mol. The quantitative estimate of drug-likeness (QED) is 0.768. The number of carbonyl (C=O) groups excluding carboxylic acids is 2. The lowest BCUT2D eigenvalue weighted by atomic mass is 10.1. The first-order chi connectivity index (χ1) is 12.4. The molecule has 0 bridgehead atoms. The second-order valence-electron chi connectivity index (χ2n) is 5.62. The van der Waals surface area contributed by atoms with Gasteiger partial charge in [-0.25, -0.2) is 14.2 Å². The average Bonchev–Trinajstić information content (AvgIpc) is 2.62. The van der Waals surface area contributed by atoms with E-state index in [0.717, 1.165) is 5.56 Å². The third-order valence-corrected chi connectivity index (χ3v) is 3.65. The Bertz CT molecular complexity index is 764. The van der Waals surface area contributed by atoms with Gasteiger partial charge in [0.25, 0.3) is 5.91 Å². The molecule has 2 aromatic rings. The molecule has 0 saturated heterocycles. The minimum absolute atomic E-state index is 0.153. The monoisotopic (exact) mass is 360 g/mol. The maximum absolute atomic E-state index is 13.0. The van der Waals surface area contributed by atoms with Gasteiger partial charge in [-0.05, 0) is 50.6 Å². The molecule has 2 atom stereocenters. The second-order valence-corrected chi connectivity index (χ2v) is 5.62. The van der Waals surface area contributed by atoms with E-state index in [4.69, 9.17) is 9.47 Å². The van der Waals surface area contributed by atoms with E-state index in [1.165, 1.54) is 31.3 Å². The summed E-state index contributed by atoms with van der Waals surface area (Å²) in [6.07, 6.45) is 0.488. The van der Waals surface area contributed by atoms with Crippen molar-refractivity contribution in [3.05, 3.63) is 59.5 Å². The van der Waals surface area contributed by atoms with E-state index in [1.807, 2.05) is 0 Å². The lowest BCUT2D eigenvalue weighted by molar-refractivity contribution is -0.129. The van der Waals surface area contributed by atoms with Crippen LogP contribution in [0.3, 0.4) is 0 Å². The maximum Gasteiger partial charge on any atom is 0.344 e. The summed E-state index contributed by atoms with van der Waals surface area (Å²) in [5.41, 5.74) is 0.893. The fraction of sp³-hybridized carbons (Fsp3) is 0.316. The van der Waals surface area contributed by atoms with Crippen LogP contribution in [-0.4, -0.2) is 29.6 Å². The molecule has 1 N–H and O–H groups in total. The Balaban J connectivity index is 1.98. The van der Waals surface area contributed by atoms with Crippen molar-refractivity contribution in [2.75, 3.05) is 6.61 Å². The summed E-state index contributed by atoms with van der Waals surface area (Å²) < 4.78 is 23.5. The molecule has 0 spiro atoms. The Kier molecular flexibility index (Phi) is 6.66. The Morgan fingerprint density at radius 2 is 1.88 bits per heavy atom. The van der Waals surface area contributed by atoms with Gasteiger partial charge in [0.1, 0.15) is 11.4 Å². The molecule has 2 unspecified atom stereocenters. The van der Waals surface area contributed by atoms with Crippen LogP contribution in [0.1, 0.15) is 42.7 Å². The van der Waals surface area contributed by atoms with Crippen molar-refractivity contribution < 1.29 is 23.5 Å². The highest BCUT2D eigenvalue weighted by molar-refractivity contribution is 5.94. The number of hydrogen-bond acceptors (Lipinski definition) is 5. The number of esters is 1. The SMILES string of the molecule is CCOc1ncccc1C(=O)OC(C)C(=O)NC(C)c1ccc(F)cc1. The number of rotatable bonds is 7. The molecule has 7 heteroatoms. The number of nitrogens with zero attached hydrogens (tertiary/aromatic N) is 1. The number of ether oxygens (including phenoxy) is 2. The number of hydrogen-bond donors (Lipinski definition) is 1. The van der Waals surface area contributed by atoms with Crippen molar-refractivity contribution >= 4 is 11.9 Å². The van der Waals surface area contributed by atoms with Crippen LogP contribution in [0.2, 0.25) is 0 Å². The molecule has 1 aromatic heterocycles. The molecule has 6 nitrogen and oxygen atoms in total. The van der Waals surface area contributed by atoms with E-state index in [9.17, 15) is 14.0 Å². The third-order valence-electron chi connectivity index (χ3n) is 3.65. The summed E-state index contributed by atoms with van der Waals surface area (Å²) in [4.78, 5) is 28.5. The normalized spacial score (nSPS) is 12.8. The highest BCUT2D eigenvalue weighted by Gasteiger charge is 2.23.